The first-order valence-corrected chi connectivity index (χ1v) is 7.54. The molecule has 2 rings (SSSR count). The summed E-state index contributed by atoms with van der Waals surface area (Å²) >= 11 is 0. The minimum atomic E-state index is 0.0454. The van der Waals surface area contributed by atoms with Crippen molar-refractivity contribution in [1.29, 1.82) is 0 Å². The van der Waals surface area contributed by atoms with Crippen LogP contribution in [0.4, 0.5) is 0 Å². The van der Waals surface area contributed by atoms with Crippen molar-refractivity contribution in [1.82, 2.24) is 9.78 Å². The van der Waals surface area contributed by atoms with Gasteiger partial charge in [-0.15, -0.1) is 0 Å². The lowest BCUT2D eigenvalue weighted by atomic mass is 10.1. The minimum absolute atomic E-state index is 0.0454. The monoisotopic (exact) mass is 287 g/mol. The number of hydrogen-bond donors (Lipinski definition) is 1. The van der Waals surface area contributed by atoms with E-state index in [4.69, 9.17) is 10.5 Å². The summed E-state index contributed by atoms with van der Waals surface area (Å²) in [5.41, 5.74) is 9.07. The van der Waals surface area contributed by atoms with Crippen LogP contribution < -0.4 is 10.5 Å². The molecule has 0 aliphatic heterocycles. The van der Waals surface area contributed by atoms with Gasteiger partial charge in [-0.05, 0) is 50.5 Å². The van der Waals surface area contributed by atoms with E-state index in [0.29, 0.717) is 12.6 Å². The lowest BCUT2D eigenvalue weighted by Crippen LogP contribution is -2.07. The molecule has 0 saturated heterocycles. The molecular formula is C17H25N3O. The van der Waals surface area contributed by atoms with E-state index in [1.165, 1.54) is 0 Å². The number of aromatic nitrogens is 2. The van der Waals surface area contributed by atoms with Crippen LogP contribution in [-0.2, 0) is 6.61 Å². The van der Waals surface area contributed by atoms with Gasteiger partial charge in [0, 0.05) is 18.3 Å². The quantitative estimate of drug-likeness (QED) is 0.880. The lowest BCUT2D eigenvalue weighted by Gasteiger charge is -2.12. The van der Waals surface area contributed by atoms with Crippen molar-refractivity contribution in [3.63, 3.8) is 0 Å². The molecule has 2 atom stereocenters. The van der Waals surface area contributed by atoms with Crippen LogP contribution in [-0.4, -0.2) is 9.78 Å². The number of benzene rings is 1. The fourth-order valence-corrected chi connectivity index (χ4v) is 2.16. The second-order valence-corrected chi connectivity index (χ2v) is 5.65. The molecule has 1 aromatic carbocycles. The third kappa shape index (κ3) is 3.85. The molecule has 4 heteroatoms. The van der Waals surface area contributed by atoms with Gasteiger partial charge in [-0.3, -0.25) is 4.68 Å². The van der Waals surface area contributed by atoms with Crippen LogP contribution in [0.2, 0.25) is 0 Å². The Hall–Kier alpha value is -1.81. The molecule has 0 saturated carbocycles. The van der Waals surface area contributed by atoms with Crippen LogP contribution in [0.1, 0.15) is 56.1 Å². The maximum Gasteiger partial charge on any atom is 0.132 e. The summed E-state index contributed by atoms with van der Waals surface area (Å²) in [6, 6.07) is 8.56. The Balaban J connectivity index is 2.01. The van der Waals surface area contributed by atoms with Gasteiger partial charge in [-0.2, -0.15) is 5.10 Å². The van der Waals surface area contributed by atoms with Crippen LogP contribution in [0.25, 0.3) is 0 Å². The van der Waals surface area contributed by atoms with Crippen molar-refractivity contribution in [3.05, 3.63) is 47.3 Å². The van der Waals surface area contributed by atoms with Crippen molar-refractivity contribution >= 4 is 0 Å². The maximum absolute atomic E-state index is 5.89. The average molecular weight is 287 g/mol. The fourth-order valence-electron chi connectivity index (χ4n) is 2.16. The van der Waals surface area contributed by atoms with Crippen molar-refractivity contribution in [2.75, 3.05) is 0 Å². The Kier molecular flexibility index (Phi) is 5.02. The van der Waals surface area contributed by atoms with E-state index >= 15 is 0 Å². The van der Waals surface area contributed by atoms with Crippen LogP contribution in [0.3, 0.4) is 0 Å². The number of hydrogen-bond acceptors (Lipinski definition) is 3. The summed E-state index contributed by atoms with van der Waals surface area (Å²) in [5, 5.41) is 4.54. The molecule has 114 valence electrons. The third-order valence-corrected chi connectivity index (χ3v) is 3.81. The molecule has 0 amide bonds. The van der Waals surface area contributed by atoms with Gasteiger partial charge in [-0.1, -0.05) is 19.1 Å². The highest BCUT2D eigenvalue weighted by Crippen LogP contribution is 2.22. The van der Waals surface area contributed by atoms with Crippen LogP contribution >= 0.6 is 0 Å². The van der Waals surface area contributed by atoms with Gasteiger partial charge in [0.2, 0.25) is 0 Å². The number of aryl methyl sites for hydroxylation is 1. The van der Waals surface area contributed by atoms with Gasteiger partial charge < -0.3 is 10.5 Å². The van der Waals surface area contributed by atoms with E-state index in [9.17, 15) is 0 Å². The molecule has 2 unspecified atom stereocenters. The predicted molar refractivity (Wildman–Crippen MR) is 85.3 cm³/mol. The molecule has 0 aliphatic carbocycles. The fraction of sp³-hybridized carbons (Fsp3) is 0.471. The highest BCUT2D eigenvalue weighted by molar-refractivity contribution is 5.37. The second kappa shape index (κ2) is 6.76. The van der Waals surface area contributed by atoms with E-state index in [0.717, 1.165) is 29.0 Å². The highest BCUT2D eigenvalue weighted by atomic mass is 16.5. The number of rotatable bonds is 6. The normalized spacial score (nSPS) is 14.0. The predicted octanol–water partition coefficient (Wildman–Crippen LogP) is 3.76. The first-order valence-electron chi connectivity index (χ1n) is 7.54. The van der Waals surface area contributed by atoms with Crippen molar-refractivity contribution < 1.29 is 4.74 Å². The van der Waals surface area contributed by atoms with Crippen molar-refractivity contribution in [2.45, 2.75) is 52.8 Å². The summed E-state index contributed by atoms with van der Waals surface area (Å²) in [4.78, 5) is 0. The van der Waals surface area contributed by atoms with E-state index in [-0.39, 0.29) is 6.04 Å². The molecule has 0 radical (unpaired) electrons. The molecule has 4 nitrogen and oxygen atoms in total. The molecule has 2 aromatic rings. The van der Waals surface area contributed by atoms with Crippen LogP contribution in [0, 0.1) is 6.92 Å². The molecular weight excluding hydrogens is 262 g/mol. The zero-order valence-electron chi connectivity index (χ0n) is 13.3. The van der Waals surface area contributed by atoms with Gasteiger partial charge in [0.05, 0.1) is 5.69 Å². The summed E-state index contributed by atoms with van der Waals surface area (Å²) in [7, 11) is 0. The Labute approximate surface area is 126 Å². The molecule has 0 aliphatic rings. The Morgan fingerprint density at radius 1 is 1.29 bits per heavy atom. The van der Waals surface area contributed by atoms with E-state index in [2.05, 4.69) is 25.0 Å². The Morgan fingerprint density at radius 3 is 2.67 bits per heavy atom. The van der Waals surface area contributed by atoms with Gasteiger partial charge in [0.1, 0.15) is 12.4 Å². The Bertz CT molecular complexity index is 589. The summed E-state index contributed by atoms with van der Waals surface area (Å²) in [6.45, 7) is 8.83. The molecule has 21 heavy (non-hydrogen) atoms. The van der Waals surface area contributed by atoms with Gasteiger partial charge >= 0.3 is 0 Å². The zero-order chi connectivity index (χ0) is 15.4. The SMILES string of the molecule is CCC(C)n1ccc(COc2ccc(C(C)N)cc2C)n1. The number of ether oxygens (including phenoxy) is 1. The molecule has 1 aromatic heterocycles. The maximum atomic E-state index is 5.89. The first-order chi connectivity index (χ1) is 10.0. The van der Waals surface area contributed by atoms with Crippen LogP contribution in [0.15, 0.2) is 30.5 Å². The summed E-state index contributed by atoms with van der Waals surface area (Å²) < 4.78 is 7.86. The molecule has 0 fully saturated rings. The summed E-state index contributed by atoms with van der Waals surface area (Å²) in [6.07, 6.45) is 3.08. The average Bonchev–Trinajstić information content (AvgIpc) is 2.93. The number of nitrogens with zero attached hydrogens (tertiary/aromatic N) is 2. The zero-order valence-corrected chi connectivity index (χ0v) is 13.3. The minimum Gasteiger partial charge on any atom is -0.487 e. The van der Waals surface area contributed by atoms with Crippen LogP contribution in [0.5, 0.6) is 5.75 Å². The summed E-state index contributed by atoms with van der Waals surface area (Å²) in [5.74, 6) is 0.887. The number of nitrogens with two attached hydrogens (primary N) is 1. The molecule has 0 spiro atoms. The topological polar surface area (TPSA) is 53.1 Å². The van der Waals surface area contributed by atoms with Crippen molar-refractivity contribution in [2.24, 2.45) is 5.73 Å². The van der Waals surface area contributed by atoms with E-state index < -0.39 is 0 Å². The largest absolute Gasteiger partial charge is 0.487 e. The Morgan fingerprint density at radius 2 is 2.05 bits per heavy atom. The van der Waals surface area contributed by atoms with Gasteiger partial charge in [0.25, 0.3) is 0 Å². The second-order valence-electron chi connectivity index (χ2n) is 5.65. The van der Waals surface area contributed by atoms with Gasteiger partial charge in [0.15, 0.2) is 0 Å². The standard InChI is InChI=1S/C17H25N3O/c1-5-13(3)20-9-8-16(19-20)11-21-17-7-6-15(14(4)18)10-12(17)2/h6-10,13-14H,5,11,18H2,1-4H3. The van der Waals surface area contributed by atoms with E-state index in [1.807, 2.05) is 42.9 Å². The lowest BCUT2D eigenvalue weighted by molar-refractivity contribution is 0.296. The molecule has 2 N–H and O–H groups in total. The van der Waals surface area contributed by atoms with Crippen molar-refractivity contribution in [3.8, 4) is 5.75 Å². The first kappa shape index (κ1) is 15.6. The van der Waals surface area contributed by atoms with E-state index in [1.54, 1.807) is 0 Å². The molecule has 0 bridgehead atoms. The smallest absolute Gasteiger partial charge is 0.132 e. The highest BCUT2D eigenvalue weighted by Gasteiger charge is 2.07. The third-order valence-electron chi connectivity index (χ3n) is 3.81. The molecule has 1 heterocycles. The van der Waals surface area contributed by atoms with Gasteiger partial charge in [-0.25, -0.2) is 0 Å².